The van der Waals surface area contributed by atoms with Crippen LogP contribution < -0.4 is 9.84 Å². The van der Waals surface area contributed by atoms with E-state index in [0.29, 0.717) is 5.82 Å². The van der Waals surface area contributed by atoms with Crippen LogP contribution in [-0.4, -0.2) is 22.6 Å². The molecule has 1 aromatic heterocycles. The molecular weight excluding hydrogens is 168 g/mol. The lowest BCUT2D eigenvalue weighted by molar-refractivity contribution is -0.444. The molecule has 2 aromatic rings. The zero-order valence-corrected chi connectivity index (χ0v) is 7.11. The van der Waals surface area contributed by atoms with Gasteiger partial charge in [0.2, 0.25) is 0 Å². The second-order valence-electron chi connectivity index (χ2n) is 2.52. The third-order valence-electron chi connectivity index (χ3n) is 1.72. The molecule has 0 amide bonds. The minimum Gasteiger partial charge on any atom is -0.497 e. The molecule has 5 heteroatoms. The van der Waals surface area contributed by atoms with E-state index in [0.717, 1.165) is 11.3 Å². The fourth-order valence-corrected chi connectivity index (χ4v) is 1.08. The Morgan fingerprint density at radius 2 is 2.38 bits per heavy atom. The number of rotatable bonds is 2. The normalized spacial score (nSPS) is 9.92. The van der Waals surface area contributed by atoms with Gasteiger partial charge in [-0.3, -0.25) is 0 Å². The van der Waals surface area contributed by atoms with E-state index in [1.165, 1.54) is 0 Å². The van der Waals surface area contributed by atoms with Crippen LogP contribution in [0.4, 0.5) is 0 Å². The highest BCUT2D eigenvalue weighted by Gasteiger charge is 2.09. The Kier molecular flexibility index (Phi) is 1.91. The van der Waals surface area contributed by atoms with E-state index in [-0.39, 0.29) is 0 Å². The van der Waals surface area contributed by atoms with E-state index in [1.807, 2.05) is 24.3 Å². The minimum absolute atomic E-state index is 0.693. The number of benzene rings is 1. The topological polar surface area (TPSA) is 64.9 Å². The van der Waals surface area contributed by atoms with Gasteiger partial charge in [0.15, 0.2) is 5.21 Å². The molecule has 1 heterocycles. The average Bonchev–Trinajstić information content (AvgIpc) is 2.71. The molecule has 66 valence electrons. The molecule has 2 rings (SSSR count). The Labute approximate surface area is 74.7 Å². The van der Waals surface area contributed by atoms with Gasteiger partial charge in [-0.1, -0.05) is 11.3 Å². The number of hydrogen-bond acceptors (Lipinski definition) is 3. The smallest absolute Gasteiger partial charge is 0.329 e. The van der Waals surface area contributed by atoms with Gasteiger partial charge in [-0.25, -0.2) is 0 Å². The maximum absolute atomic E-state index is 5.08. The molecule has 5 nitrogen and oxygen atoms in total. The van der Waals surface area contributed by atoms with E-state index in [1.54, 1.807) is 7.11 Å². The van der Waals surface area contributed by atoms with Crippen molar-refractivity contribution in [2.75, 3.05) is 7.11 Å². The number of tetrazole rings is 1. The Balaban J connectivity index is 2.41. The average molecular weight is 177 g/mol. The highest BCUT2D eigenvalue weighted by Crippen LogP contribution is 2.17. The van der Waals surface area contributed by atoms with E-state index >= 15 is 0 Å². The van der Waals surface area contributed by atoms with Gasteiger partial charge in [0.1, 0.15) is 10.8 Å². The molecule has 0 saturated heterocycles. The molecular formula is C8H9N4O+. The van der Waals surface area contributed by atoms with Gasteiger partial charge in [0.05, 0.1) is 12.7 Å². The lowest BCUT2D eigenvalue weighted by Gasteiger charge is -1.98. The summed E-state index contributed by atoms with van der Waals surface area (Å²) < 4.78 is 5.08. The Bertz CT molecular complexity index is 385. The van der Waals surface area contributed by atoms with Crippen LogP contribution in [0.25, 0.3) is 11.4 Å². The predicted octanol–water partition coefficient (Wildman–Crippen LogP) is 0.294. The fourth-order valence-electron chi connectivity index (χ4n) is 1.08. The fraction of sp³-hybridized carbons (Fsp3) is 0.125. The van der Waals surface area contributed by atoms with Crippen LogP contribution in [0.2, 0.25) is 0 Å². The summed E-state index contributed by atoms with van der Waals surface area (Å²) in [6.07, 6.45) is 0. The summed E-state index contributed by atoms with van der Waals surface area (Å²) in [7, 11) is 1.63. The number of hydrogen-bond donors (Lipinski definition) is 1. The summed E-state index contributed by atoms with van der Waals surface area (Å²) in [4.78, 5) is 0. The molecule has 0 aliphatic rings. The van der Waals surface area contributed by atoms with Crippen molar-refractivity contribution in [3.05, 3.63) is 24.3 Å². The van der Waals surface area contributed by atoms with Crippen LogP contribution in [0.5, 0.6) is 5.75 Å². The first kappa shape index (κ1) is 7.72. The van der Waals surface area contributed by atoms with Crippen molar-refractivity contribution in [3.63, 3.8) is 0 Å². The SMILES string of the molecule is COc1cccc(-c2nn[nH][nH+]2)c1. The molecule has 0 saturated carbocycles. The summed E-state index contributed by atoms with van der Waals surface area (Å²) in [6.45, 7) is 0. The molecule has 0 atom stereocenters. The van der Waals surface area contributed by atoms with Crippen molar-refractivity contribution in [3.8, 4) is 17.1 Å². The van der Waals surface area contributed by atoms with Crippen molar-refractivity contribution in [2.24, 2.45) is 0 Å². The number of methoxy groups -OCH3 is 1. The molecule has 0 fully saturated rings. The second-order valence-corrected chi connectivity index (χ2v) is 2.52. The van der Waals surface area contributed by atoms with Crippen molar-refractivity contribution in [1.82, 2.24) is 15.5 Å². The highest BCUT2D eigenvalue weighted by molar-refractivity contribution is 5.54. The molecule has 0 aliphatic heterocycles. The Morgan fingerprint density at radius 1 is 1.46 bits per heavy atom. The van der Waals surface area contributed by atoms with Crippen molar-refractivity contribution < 1.29 is 9.84 Å². The maximum Gasteiger partial charge on any atom is 0.329 e. The number of H-pyrrole nitrogens is 2. The van der Waals surface area contributed by atoms with Crippen molar-refractivity contribution in [1.29, 1.82) is 0 Å². The van der Waals surface area contributed by atoms with Crippen LogP contribution >= 0.6 is 0 Å². The van der Waals surface area contributed by atoms with Gasteiger partial charge in [0, 0.05) is 0 Å². The molecule has 13 heavy (non-hydrogen) atoms. The van der Waals surface area contributed by atoms with E-state index in [4.69, 9.17) is 4.74 Å². The van der Waals surface area contributed by atoms with Gasteiger partial charge < -0.3 is 4.74 Å². The van der Waals surface area contributed by atoms with Gasteiger partial charge in [-0.05, 0) is 18.2 Å². The molecule has 0 bridgehead atoms. The quantitative estimate of drug-likeness (QED) is 0.717. The Hall–Kier alpha value is -1.91. The lowest BCUT2D eigenvalue weighted by Crippen LogP contribution is -2.05. The zero-order chi connectivity index (χ0) is 9.10. The first-order valence-electron chi connectivity index (χ1n) is 3.83. The Morgan fingerprint density at radius 3 is 3.08 bits per heavy atom. The minimum atomic E-state index is 0.693. The predicted molar refractivity (Wildman–Crippen MR) is 44.9 cm³/mol. The van der Waals surface area contributed by atoms with Crippen LogP contribution in [0.3, 0.4) is 0 Å². The second kappa shape index (κ2) is 3.22. The highest BCUT2D eigenvalue weighted by atomic mass is 16.5. The third kappa shape index (κ3) is 1.48. The maximum atomic E-state index is 5.08. The van der Waals surface area contributed by atoms with Gasteiger partial charge >= 0.3 is 5.82 Å². The number of nitrogens with one attached hydrogen (secondary N) is 2. The van der Waals surface area contributed by atoms with Crippen LogP contribution in [-0.2, 0) is 0 Å². The molecule has 1 aromatic carbocycles. The number of aromatic amines is 2. The van der Waals surface area contributed by atoms with E-state index < -0.39 is 0 Å². The molecule has 2 N–H and O–H groups in total. The summed E-state index contributed by atoms with van der Waals surface area (Å²) in [5.74, 6) is 1.49. The molecule has 0 spiro atoms. The summed E-state index contributed by atoms with van der Waals surface area (Å²) >= 11 is 0. The van der Waals surface area contributed by atoms with Gasteiger partial charge in [0.25, 0.3) is 0 Å². The van der Waals surface area contributed by atoms with E-state index in [9.17, 15) is 0 Å². The number of aromatic nitrogens is 4. The van der Waals surface area contributed by atoms with Crippen LogP contribution in [0, 0.1) is 0 Å². The summed E-state index contributed by atoms with van der Waals surface area (Å²) in [6, 6.07) is 7.59. The molecule has 0 aliphatic carbocycles. The van der Waals surface area contributed by atoms with Crippen LogP contribution in [0.1, 0.15) is 0 Å². The molecule has 0 unspecified atom stereocenters. The first-order valence-corrected chi connectivity index (χ1v) is 3.83. The third-order valence-corrected chi connectivity index (χ3v) is 1.72. The van der Waals surface area contributed by atoms with Crippen molar-refractivity contribution >= 4 is 0 Å². The summed E-state index contributed by atoms with van der Waals surface area (Å²) in [5.41, 5.74) is 0.938. The molecule has 0 radical (unpaired) electrons. The zero-order valence-electron chi connectivity index (χ0n) is 7.11. The number of ether oxygens (including phenoxy) is 1. The first-order chi connectivity index (χ1) is 6.40. The largest absolute Gasteiger partial charge is 0.497 e. The van der Waals surface area contributed by atoms with Gasteiger partial charge in [-0.15, -0.1) is 0 Å². The summed E-state index contributed by atoms with van der Waals surface area (Å²) in [5, 5.41) is 12.8. The monoisotopic (exact) mass is 177 g/mol. The van der Waals surface area contributed by atoms with Gasteiger partial charge in [-0.2, -0.15) is 5.10 Å². The van der Waals surface area contributed by atoms with E-state index in [2.05, 4.69) is 20.6 Å². The lowest BCUT2D eigenvalue weighted by atomic mass is 10.2. The van der Waals surface area contributed by atoms with Crippen LogP contribution in [0.15, 0.2) is 24.3 Å². The standard InChI is InChI=1S/C8H8N4O/c1-13-7-4-2-3-6(5-7)8-9-11-12-10-8/h2-5H,1H3,(H,9,10,11,12)/p+1. The number of nitrogens with zero attached hydrogens (tertiary/aromatic N) is 2. The van der Waals surface area contributed by atoms with Crippen molar-refractivity contribution in [2.45, 2.75) is 0 Å².